The Morgan fingerprint density at radius 3 is 2.50 bits per heavy atom. The lowest BCUT2D eigenvalue weighted by molar-refractivity contribution is 0.294. The molecule has 0 amide bonds. The summed E-state index contributed by atoms with van der Waals surface area (Å²) >= 11 is 0. The number of ether oxygens (including phenoxy) is 1. The molecule has 1 saturated carbocycles. The minimum absolute atomic E-state index is 0.190. The van der Waals surface area contributed by atoms with Gasteiger partial charge in [0.05, 0.1) is 17.7 Å². The number of sulfonamides is 1. The van der Waals surface area contributed by atoms with Crippen molar-refractivity contribution in [3.05, 3.63) is 18.2 Å². The zero-order valence-corrected chi connectivity index (χ0v) is 12.8. The molecule has 20 heavy (non-hydrogen) atoms. The first-order valence-electron chi connectivity index (χ1n) is 6.84. The fourth-order valence-corrected chi connectivity index (χ4v) is 4.16. The molecule has 0 radical (unpaired) electrons. The first kappa shape index (κ1) is 15.1. The molecule has 0 atom stereocenters. The van der Waals surface area contributed by atoms with Crippen LogP contribution < -0.4 is 15.2 Å². The van der Waals surface area contributed by atoms with E-state index in [4.69, 9.17) is 10.5 Å². The number of nitrogens with two attached hydrogens (primary N) is 1. The molecule has 6 heteroatoms. The molecule has 5 nitrogen and oxygen atoms in total. The number of anilines is 1. The van der Waals surface area contributed by atoms with Crippen LogP contribution in [0.1, 0.15) is 39.0 Å². The maximum Gasteiger partial charge on any atom is 0.241 e. The van der Waals surface area contributed by atoms with Gasteiger partial charge in [-0.05, 0) is 31.9 Å². The van der Waals surface area contributed by atoms with Crippen molar-refractivity contribution >= 4 is 15.7 Å². The Morgan fingerprint density at radius 1 is 1.25 bits per heavy atom. The van der Waals surface area contributed by atoms with Gasteiger partial charge < -0.3 is 10.5 Å². The van der Waals surface area contributed by atoms with Gasteiger partial charge in [-0.15, -0.1) is 0 Å². The van der Waals surface area contributed by atoms with Crippen LogP contribution in [0.2, 0.25) is 0 Å². The molecule has 3 N–H and O–H groups in total. The molecule has 1 aromatic carbocycles. The summed E-state index contributed by atoms with van der Waals surface area (Å²) in [6.07, 6.45) is 5.04. The monoisotopic (exact) mass is 298 g/mol. The van der Waals surface area contributed by atoms with Crippen LogP contribution in [0.5, 0.6) is 5.75 Å². The van der Waals surface area contributed by atoms with Crippen LogP contribution in [0.25, 0.3) is 0 Å². The standard InChI is InChI=1S/C14H22N2O3S/c1-14(8-4-3-5-9-14)16-20(17,18)11-6-7-12(15)13(10-11)19-2/h6-7,10,16H,3-5,8-9,15H2,1-2H3. The van der Waals surface area contributed by atoms with Crippen molar-refractivity contribution in [3.8, 4) is 5.75 Å². The molecule has 0 aliphatic heterocycles. The number of benzene rings is 1. The summed E-state index contributed by atoms with van der Waals surface area (Å²) in [5, 5.41) is 0. The average Bonchev–Trinajstić information content (AvgIpc) is 2.38. The predicted molar refractivity (Wildman–Crippen MR) is 79.2 cm³/mol. The normalized spacial score (nSPS) is 18.7. The van der Waals surface area contributed by atoms with Crippen molar-refractivity contribution in [1.82, 2.24) is 4.72 Å². The van der Waals surface area contributed by atoms with E-state index in [9.17, 15) is 8.42 Å². The molecule has 0 aromatic heterocycles. The highest BCUT2D eigenvalue weighted by Gasteiger charge is 2.32. The van der Waals surface area contributed by atoms with Crippen molar-refractivity contribution in [1.29, 1.82) is 0 Å². The second kappa shape index (κ2) is 5.61. The minimum Gasteiger partial charge on any atom is -0.495 e. The molecule has 1 fully saturated rings. The Balaban J connectivity index is 2.26. The van der Waals surface area contributed by atoms with Gasteiger partial charge >= 0.3 is 0 Å². The van der Waals surface area contributed by atoms with Crippen LogP contribution >= 0.6 is 0 Å². The number of rotatable bonds is 4. The Bertz CT molecular complexity index is 578. The van der Waals surface area contributed by atoms with E-state index >= 15 is 0 Å². The topological polar surface area (TPSA) is 81.4 Å². The van der Waals surface area contributed by atoms with Crippen molar-refractivity contribution < 1.29 is 13.2 Å². The zero-order valence-electron chi connectivity index (χ0n) is 12.0. The SMILES string of the molecule is COc1cc(S(=O)(=O)NC2(C)CCCCC2)ccc1N. The van der Waals surface area contributed by atoms with Gasteiger partial charge in [-0.25, -0.2) is 13.1 Å². The summed E-state index contributed by atoms with van der Waals surface area (Å²) in [7, 11) is -2.08. The summed E-state index contributed by atoms with van der Waals surface area (Å²) in [5.74, 6) is 0.377. The van der Waals surface area contributed by atoms with E-state index in [1.807, 2.05) is 6.92 Å². The second-order valence-corrected chi connectivity index (χ2v) is 7.31. The minimum atomic E-state index is -3.55. The first-order valence-corrected chi connectivity index (χ1v) is 8.32. The smallest absolute Gasteiger partial charge is 0.241 e. The largest absolute Gasteiger partial charge is 0.495 e. The van der Waals surface area contributed by atoms with E-state index in [2.05, 4.69) is 4.72 Å². The third kappa shape index (κ3) is 3.24. The highest BCUT2D eigenvalue weighted by Crippen LogP contribution is 2.30. The van der Waals surface area contributed by atoms with E-state index in [1.165, 1.54) is 25.7 Å². The van der Waals surface area contributed by atoms with E-state index in [0.717, 1.165) is 25.7 Å². The molecule has 2 rings (SSSR count). The Hall–Kier alpha value is -1.27. The van der Waals surface area contributed by atoms with Crippen LogP contribution in [-0.2, 0) is 10.0 Å². The van der Waals surface area contributed by atoms with Gasteiger partial charge in [0.1, 0.15) is 5.75 Å². The number of hydrogen-bond acceptors (Lipinski definition) is 4. The Kier molecular flexibility index (Phi) is 4.25. The highest BCUT2D eigenvalue weighted by atomic mass is 32.2. The zero-order chi connectivity index (χ0) is 14.8. The molecule has 1 aliphatic carbocycles. The third-order valence-corrected chi connectivity index (χ3v) is 5.49. The molecule has 0 saturated heterocycles. The molecule has 0 bridgehead atoms. The lowest BCUT2D eigenvalue weighted by Crippen LogP contribution is -2.47. The Morgan fingerprint density at radius 2 is 1.90 bits per heavy atom. The van der Waals surface area contributed by atoms with Crippen LogP contribution in [-0.4, -0.2) is 21.1 Å². The van der Waals surface area contributed by atoms with Crippen molar-refractivity contribution in [2.75, 3.05) is 12.8 Å². The average molecular weight is 298 g/mol. The molecule has 112 valence electrons. The third-order valence-electron chi connectivity index (χ3n) is 3.85. The Labute approximate surface area is 120 Å². The maximum atomic E-state index is 12.5. The number of methoxy groups -OCH3 is 1. The van der Waals surface area contributed by atoms with Crippen LogP contribution in [0, 0.1) is 0 Å². The van der Waals surface area contributed by atoms with E-state index in [0.29, 0.717) is 11.4 Å². The number of nitrogen functional groups attached to an aromatic ring is 1. The fraction of sp³-hybridized carbons (Fsp3) is 0.571. The van der Waals surface area contributed by atoms with Crippen molar-refractivity contribution in [2.24, 2.45) is 0 Å². The summed E-state index contributed by atoms with van der Waals surface area (Å²) in [5.41, 5.74) is 5.78. The second-order valence-electron chi connectivity index (χ2n) is 5.63. The molecular weight excluding hydrogens is 276 g/mol. The van der Waals surface area contributed by atoms with Crippen LogP contribution in [0.3, 0.4) is 0 Å². The van der Waals surface area contributed by atoms with Gasteiger partial charge in [0.2, 0.25) is 10.0 Å². The summed E-state index contributed by atoms with van der Waals surface area (Å²) in [4.78, 5) is 0.190. The van der Waals surface area contributed by atoms with E-state index < -0.39 is 10.0 Å². The summed E-state index contributed by atoms with van der Waals surface area (Å²) in [6.45, 7) is 1.97. The van der Waals surface area contributed by atoms with E-state index in [-0.39, 0.29) is 10.4 Å². The first-order chi connectivity index (χ1) is 9.36. The van der Waals surface area contributed by atoms with Gasteiger partial charge in [-0.2, -0.15) is 0 Å². The molecule has 1 aliphatic rings. The summed E-state index contributed by atoms with van der Waals surface area (Å²) < 4.78 is 32.9. The van der Waals surface area contributed by atoms with Gasteiger partial charge in [0.25, 0.3) is 0 Å². The quantitative estimate of drug-likeness (QED) is 0.836. The highest BCUT2D eigenvalue weighted by molar-refractivity contribution is 7.89. The number of hydrogen-bond donors (Lipinski definition) is 2. The van der Waals surface area contributed by atoms with Crippen LogP contribution in [0.4, 0.5) is 5.69 Å². The molecule has 1 aromatic rings. The fourth-order valence-electron chi connectivity index (χ4n) is 2.68. The van der Waals surface area contributed by atoms with Crippen molar-refractivity contribution in [2.45, 2.75) is 49.5 Å². The van der Waals surface area contributed by atoms with Gasteiger partial charge in [0.15, 0.2) is 0 Å². The lowest BCUT2D eigenvalue weighted by atomic mass is 9.84. The molecule has 0 unspecified atom stereocenters. The lowest BCUT2D eigenvalue weighted by Gasteiger charge is -2.34. The van der Waals surface area contributed by atoms with Crippen LogP contribution in [0.15, 0.2) is 23.1 Å². The van der Waals surface area contributed by atoms with Crippen molar-refractivity contribution in [3.63, 3.8) is 0 Å². The summed E-state index contributed by atoms with van der Waals surface area (Å²) in [6, 6.07) is 4.52. The van der Waals surface area contributed by atoms with Gasteiger partial charge in [-0.1, -0.05) is 19.3 Å². The van der Waals surface area contributed by atoms with Gasteiger partial charge in [0, 0.05) is 11.6 Å². The molecule has 0 heterocycles. The molecular formula is C14H22N2O3S. The molecule has 0 spiro atoms. The van der Waals surface area contributed by atoms with Gasteiger partial charge in [-0.3, -0.25) is 0 Å². The predicted octanol–water partition coefficient (Wildman–Crippen LogP) is 2.28. The maximum absolute atomic E-state index is 12.5. The number of nitrogens with one attached hydrogen (secondary N) is 1. The van der Waals surface area contributed by atoms with E-state index in [1.54, 1.807) is 6.07 Å².